The molecular weight excluding hydrogens is 1020 g/mol. The first kappa shape index (κ1) is 32.6. The summed E-state index contributed by atoms with van der Waals surface area (Å²) in [6, 6.07) is 6.54. The summed E-state index contributed by atoms with van der Waals surface area (Å²) in [5, 5.41) is 0. The van der Waals surface area contributed by atoms with Crippen LogP contribution >= 0.6 is 127 Å². The third-order valence-corrected chi connectivity index (χ3v) is 11.9. The second-order valence-corrected chi connectivity index (χ2v) is 13.9. The topological polar surface area (TPSA) is 71.1 Å². The van der Waals surface area contributed by atoms with Gasteiger partial charge in [0.05, 0.1) is 43.2 Å². The molecule has 0 aliphatic heterocycles. The van der Waals surface area contributed by atoms with E-state index in [1.165, 1.54) is 14.2 Å². The largest absolute Gasteiger partial charge is 0.486 e. The number of methoxy groups -OCH3 is 2. The number of hydrogen-bond acceptors (Lipinski definition) is 6. The number of esters is 2. The molecule has 202 valence electrons. The zero-order chi connectivity index (χ0) is 28.3. The highest BCUT2D eigenvalue weighted by Crippen LogP contribution is 2.44. The Morgan fingerprint density at radius 1 is 0.553 bits per heavy atom. The third kappa shape index (κ3) is 7.27. The maximum Gasteiger partial charge on any atom is 0.337 e. The van der Waals surface area contributed by atoms with Gasteiger partial charge in [0.25, 0.3) is 0 Å². The van der Waals surface area contributed by atoms with Crippen LogP contribution in [0.3, 0.4) is 0 Å². The van der Waals surface area contributed by atoms with Crippen LogP contribution in [-0.4, -0.2) is 26.2 Å². The van der Waals surface area contributed by atoms with Crippen molar-refractivity contribution >= 4 is 139 Å². The molecule has 0 fully saturated rings. The van der Waals surface area contributed by atoms with Crippen molar-refractivity contribution in [3.63, 3.8) is 0 Å². The summed E-state index contributed by atoms with van der Waals surface area (Å²) in [4.78, 5) is 23.8. The maximum absolute atomic E-state index is 11.9. The lowest BCUT2D eigenvalue weighted by Gasteiger charge is -2.19. The first-order valence-corrected chi connectivity index (χ1v) is 16.5. The standard InChI is InChI=1S/C24H14Br8O6/c1-35-23(33)9-3-13(25)21(14(26)4-9)37-7-11-17(29)19(31)12(20(32)18(11)30)8-38-22-15(27)5-10(6-16(22)28)24(34)36-2/h3-6H,7-8H2,1-2H3. The lowest BCUT2D eigenvalue weighted by atomic mass is 10.1. The van der Waals surface area contributed by atoms with E-state index in [9.17, 15) is 9.59 Å². The van der Waals surface area contributed by atoms with Gasteiger partial charge in [0.1, 0.15) is 24.7 Å². The van der Waals surface area contributed by atoms with Crippen LogP contribution in [0.4, 0.5) is 0 Å². The third-order valence-electron chi connectivity index (χ3n) is 5.01. The Morgan fingerprint density at radius 3 is 1.05 bits per heavy atom. The molecular formula is C24H14Br8O6. The van der Waals surface area contributed by atoms with Gasteiger partial charge in [-0.15, -0.1) is 0 Å². The van der Waals surface area contributed by atoms with Crippen LogP contribution in [0.25, 0.3) is 0 Å². The Bertz CT molecular complexity index is 1240. The molecule has 0 bridgehead atoms. The fourth-order valence-corrected chi connectivity index (χ4v) is 8.70. The molecule has 0 aromatic heterocycles. The molecule has 3 aromatic rings. The Balaban J connectivity index is 1.86. The predicted octanol–water partition coefficient (Wildman–Crippen LogP) is 10.5. The normalized spacial score (nSPS) is 10.8. The molecule has 3 rings (SSSR count). The SMILES string of the molecule is COC(=O)c1cc(Br)c(OCc2c(Br)c(Br)c(COc3c(Br)cc(C(=O)OC)cc3Br)c(Br)c2Br)c(Br)c1. The average molecular weight is 1040 g/mol. The number of carbonyl (C=O) groups is 2. The number of carbonyl (C=O) groups excluding carboxylic acids is 2. The molecule has 3 aromatic carbocycles. The summed E-state index contributed by atoms with van der Waals surface area (Å²) in [5.74, 6) is 0.155. The molecule has 0 saturated heterocycles. The summed E-state index contributed by atoms with van der Waals surface area (Å²) < 4.78 is 27.2. The van der Waals surface area contributed by atoms with Gasteiger partial charge >= 0.3 is 11.9 Å². The van der Waals surface area contributed by atoms with Crippen molar-refractivity contribution in [3.8, 4) is 11.5 Å². The Labute approximate surface area is 285 Å². The van der Waals surface area contributed by atoms with Gasteiger partial charge in [-0.05, 0) is 152 Å². The minimum absolute atomic E-state index is 0.195. The average Bonchev–Trinajstić information content (AvgIpc) is 2.88. The number of halogens is 8. The van der Waals surface area contributed by atoms with Crippen LogP contribution in [0.1, 0.15) is 31.8 Å². The van der Waals surface area contributed by atoms with Crippen LogP contribution < -0.4 is 9.47 Å². The highest BCUT2D eigenvalue weighted by atomic mass is 79.9. The molecule has 0 aliphatic rings. The van der Waals surface area contributed by atoms with Gasteiger partial charge in [-0.1, -0.05) is 0 Å². The molecule has 0 amide bonds. The second kappa shape index (κ2) is 14.3. The van der Waals surface area contributed by atoms with Crippen molar-refractivity contribution in [2.75, 3.05) is 14.2 Å². The van der Waals surface area contributed by atoms with E-state index in [0.717, 1.165) is 29.0 Å². The van der Waals surface area contributed by atoms with Crippen LogP contribution in [-0.2, 0) is 22.7 Å². The molecule has 38 heavy (non-hydrogen) atoms. The van der Waals surface area contributed by atoms with Crippen molar-refractivity contribution in [3.05, 3.63) is 82.3 Å². The molecule has 6 nitrogen and oxygen atoms in total. The van der Waals surface area contributed by atoms with E-state index >= 15 is 0 Å². The molecule has 0 N–H and O–H groups in total. The molecule has 14 heteroatoms. The molecule has 0 heterocycles. The first-order chi connectivity index (χ1) is 17.9. The van der Waals surface area contributed by atoms with Crippen LogP contribution in [0.2, 0.25) is 0 Å². The fraction of sp³-hybridized carbons (Fsp3) is 0.167. The molecule has 0 unspecified atom stereocenters. The highest BCUT2D eigenvalue weighted by molar-refractivity contribution is 9.14. The first-order valence-electron chi connectivity index (χ1n) is 10.1. The van der Waals surface area contributed by atoms with Crippen molar-refractivity contribution in [2.24, 2.45) is 0 Å². The van der Waals surface area contributed by atoms with E-state index in [4.69, 9.17) is 18.9 Å². The monoisotopic (exact) mass is 1030 g/mol. The highest BCUT2D eigenvalue weighted by Gasteiger charge is 2.22. The second-order valence-electron chi connectivity index (χ2n) is 7.31. The van der Waals surface area contributed by atoms with Crippen molar-refractivity contribution < 1.29 is 28.5 Å². The van der Waals surface area contributed by atoms with Gasteiger partial charge in [0, 0.05) is 29.0 Å². The summed E-state index contributed by atoms with van der Waals surface area (Å²) in [7, 11) is 2.65. The number of hydrogen-bond donors (Lipinski definition) is 0. The van der Waals surface area contributed by atoms with Gasteiger partial charge in [-0.2, -0.15) is 0 Å². The fourth-order valence-electron chi connectivity index (χ4n) is 3.13. The Morgan fingerprint density at radius 2 is 0.816 bits per heavy atom. The molecule has 0 radical (unpaired) electrons. The summed E-state index contributed by atoms with van der Waals surface area (Å²) in [5.41, 5.74) is 2.42. The van der Waals surface area contributed by atoms with Crippen LogP contribution in [0.15, 0.2) is 60.0 Å². The zero-order valence-electron chi connectivity index (χ0n) is 19.2. The summed E-state index contributed by atoms with van der Waals surface area (Å²) >= 11 is 28.5. The van der Waals surface area contributed by atoms with Gasteiger partial charge in [-0.3, -0.25) is 0 Å². The van der Waals surface area contributed by atoms with Gasteiger partial charge in [0.15, 0.2) is 0 Å². The van der Waals surface area contributed by atoms with Crippen molar-refractivity contribution in [1.82, 2.24) is 0 Å². The molecule has 0 atom stereocenters. The van der Waals surface area contributed by atoms with Crippen molar-refractivity contribution in [1.29, 1.82) is 0 Å². The Kier molecular flexibility index (Phi) is 12.2. The maximum atomic E-state index is 11.9. The van der Waals surface area contributed by atoms with E-state index in [-0.39, 0.29) is 13.2 Å². The minimum Gasteiger partial charge on any atom is -0.486 e. The number of benzene rings is 3. The van der Waals surface area contributed by atoms with Crippen molar-refractivity contribution in [2.45, 2.75) is 13.2 Å². The lowest BCUT2D eigenvalue weighted by Crippen LogP contribution is -2.06. The van der Waals surface area contributed by atoms with E-state index in [1.54, 1.807) is 24.3 Å². The summed E-state index contributed by atoms with van der Waals surface area (Å²) in [6.45, 7) is 0.390. The van der Waals surface area contributed by atoms with E-state index in [2.05, 4.69) is 127 Å². The van der Waals surface area contributed by atoms with E-state index < -0.39 is 11.9 Å². The smallest absolute Gasteiger partial charge is 0.337 e. The molecule has 0 saturated carbocycles. The van der Waals surface area contributed by atoms with Crippen LogP contribution in [0.5, 0.6) is 11.5 Å². The van der Waals surface area contributed by atoms with Gasteiger partial charge in [-0.25, -0.2) is 9.59 Å². The van der Waals surface area contributed by atoms with E-state index in [1.807, 2.05) is 0 Å². The lowest BCUT2D eigenvalue weighted by molar-refractivity contribution is 0.0591. The van der Waals surface area contributed by atoms with E-state index in [0.29, 0.717) is 40.5 Å². The minimum atomic E-state index is -0.451. The number of ether oxygens (including phenoxy) is 4. The van der Waals surface area contributed by atoms with Crippen LogP contribution in [0, 0.1) is 0 Å². The predicted molar refractivity (Wildman–Crippen MR) is 172 cm³/mol. The quantitative estimate of drug-likeness (QED) is 0.165. The summed E-state index contributed by atoms with van der Waals surface area (Å²) in [6.07, 6.45) is 0. The molecule has 0 aliphatic carbocycles. The van der Waals surface area contributed by atoms with Gasteiger partial charge < -0.3 is 18.9 Å². The number of rotatable bonds is 8. The molecule has 0 spiro atoms. The Hall–Kier alpha value is 0.0400. The zero-order valence-corrected chi connectivity index (χ0v) is 31.9. The van der Waals surface area contributed by atoms with Gasteiger partial charge in [0.2, 0.25) is 0 Å².